The fourth-order valence-electron chi connectivity index (χ4n) is 3.16. The van der Waals surface area contributed by atoms with Gasteiger partial charge in [0.2, 0.25) is 0 Å². The van der Waals surface area contributed by atoms with Crippen LogP contribution in [0.3, 0.4) is 0 Å². The second kappa shape index (κ2) is 9.73. The number of benzene rings is 3. The van der Waals surface area contributed by atoms with Crippen molar-refractivity contribution in [2.75, 3.05) is 14.2 Å². The van der Waals surface area contributed by atoms with Gasteiger partial charge in [-0.05, 0) is 66.4 Å². The molecule has 0 aliphatic heterocycles. The summed E-state index contributed by atoms with van der Waals surface area (Å²) in [5.41, 5.74) is 2.56. The van der Waals surface area contributed by atoms with Gasteiger partial charge in [0.25, 0.3) is 5.91 Å². The van der Waals surface area contributed by atoms with E-state index in [0.29, 0.717) is 24.2 Å². The van der Waals surface area contributed by atoms with Gasteiger partial charge >= 0.3 is 0 Å². The Morgan fingerprint density at radius 1 is 0.862 bits per heavy atom. The Morgan fingerprint density at radius 2 is 1.45 bits per heavy atom. The molecule has 3 aromatic rings. The van der Waals surface area contributed by atoms with Crippen molar-refractivity contribution in [3.63, 3.8) is 0 Å². The Kier molecular flexibility index (Phi) is 6.85. The third kappa shape index (κ3) is 5.82. The van der Waals surface area contributed by atoms with Crippen molar-refractivity contribution in [1.29, 1.82) is 0 Å². The van der Waals surface area contributed by atoms with E-state index in [1.807, 2.05) is 24.3 Å². The lowest BCUT2D eigenvalue weighted by atomic mass is 9.98. The molecule has 0 aromatic heterocycles. The minimum Gasteiger partial charge on any atom is -0.497 e. The summed E-state index contributed by atoms with van der Waals surface area (Å²) in [6, 6.07) is 21.0. The molecule has 150 valence electrons. The first-order valence-electron chi connectivity index (χ1n) is 9.39. The van der Waals surface area contributed by atoms with Crippen LogP contribution < -0.4 is 14.8 Å². The van der Waals surface area contributed by atoms with Crippen LogP contribution in [0, 0.1) is 5.82 Å². The molecule has 1 amide bonds. The Balaban J connectivity index is 1.78. The van der Waals surface area contributed by atoms with Crippen LogP contribution in [0.15, 0.2) is 72.8 Å². The molecule has 0 unspecified atom stereocenters. The lowest BCUT2D eigenvalue weighted by Gasteiger charge is -2.20. The highest BCUT2D eigenvalue weighted by Crippen LogP contribution is 2.17. The van der Waals surface area contributed by atoms with Crippen LogP contribution in [0.25, 0.3) is 0 Å². The van der Waals surface area contributed by atoms with E-state index < -0.39 is 0 Å². The zero-order chi connectivity index (χ0) is 20.6. The number of halogens is 1. The lowest BCUT2D eigenvalue weighted by molar-refractivity contribution is 0.0936. The average Bonchev–Trinajstić information content (AvgIpc) is 2.76. The van der Waals surface area contributed by atoms with Gasteiger partial charge in [-0.25, -0.2) is 4.39 Å². The fraction of sp³-hybridized carbons (Fsp3) is 0.208. The minimum absolute atomic E-state index is 0.160. The number of ether oxygens (including phenoxy) is 2. The van der Waals surface area contributed by atoms with E-state index in [2.05, 4.69) is 5.32 Å². The topological polar surface area (TPSA) is 47.6 Å². The van der Waals surface area contributed by atoms with E-state index in [9.17, 15) is 9.18 Å². The molecule has 1 N–H and O–H groups in total. The second-order valence-corrected chi connectivity index (χ2v) is 6.79. The summed E-state index contributed by atoms with van der Waals surface area (Å²) in [7, 11) is 3.19. The zero-order valence-corrected chi connectivity index (χ0v) is 16.5. The molecule has 0 heterocycles. The second-order valence-electron chi connectivity index (χ2n) is 6.79. The van der Waals surface area contributed by atoms with Gasteiger partial charge < -0.3 is 14.8 Å². The fourth-order valence-corrected chi connectivity index (χ4v) is 3.16. The van der Waals surface area contributed by atoms with Gasteiger partial charge in [-0.1, -0.05) is 30.3 Å². The monoisotopic (exact) mass is 393 g/mol. The SMILES string of the molecule is COc1ccc(C[C@H](Cc2ccc(F)cc2)NC(=O)c2cccc(OC)c2)cc1. The van der Waals surface area contributed by atoms with Crippen molar-refractivity contribution in [3.05, 3.63) is 95.3 Å². The summed E-state index contributed by atoms with van der Waals surface area (Å²) >= 11 is 0. The number of methoxy groups -OCH3 is 2. The normalized spacial score (nSPS) is 11.6. The standard InChI is InChI=1S/C24H24FNO3/c1-28-22-12-8-18(9-13-22)15-21(14-17-6-10-20(25)11-7-17)26-24(27)19-4-3-5-23(16-19)29-2/h3-13,16,21H,14-15H2,1-2H3,(H,26,27)/t21-/m0/s1. The van der Waals surface area contributed by atoms with Crippen LogP contribution >= 0.6 is 0 Å². The highest BCUT2D eigenvalue weighted by atomic mass is 19.1. The number of amides is 1. The predicted octanol–water partition coefficient (Wildman–Crippen LogP) is 4.43. The summed E-state index contributed by atoms with van der Waals surface area (Å²) in [5, 5.41) is 3.11. The molecule has 0 saturated carbocycles. The van der Waals surface area contributed by atoms with Gasteiger partial charge in [0.05, 0.1) is 14.2 Å². The molecule has 0 aliphatic carbocycles. The molecule has 0 saturated heterocycles. The summed E-state index contributed by atoms with van der Waals surface area (Å²) < 4.78 is 23.7. The first kappa shape index (κ1) is 20.4. The van der Waals surface area contributed by atoms with Crippen LogP contribution in [0.2, 0.25) is 0 Å². The van der Waals surface area contributed by atoms with Crippen LogP contribution in [0.4, 0.5) is 4.39 Å². The summed E-state index contributed by atoms with van der Waals surface area (Å²) in [6.07, 6.45) is 1.22. The number of rotatable bonds is 8. The smallest absolute Gasteiger partial charge is 0.251 e. The van der Waals surface area contributed by atoms with Crippen LogP contribution in [-0.2, 0) is 12.8 Å². The maximum atomic E-state index is 13.3. The molecular weight excluding hydrogens is 369 g/mol. The first-order valence-corrected chi connectivity index (χ1v) is 9.39. The van der Waals surface area contributed by atoms with Gasteiger partial charge in [0, 0.05) is 11.6 Å². The van der Waals surface area contributed by atoms with Crippen LogP contribution in [-0.4, -0.2) is 26.2 Å². The van der Waals surface area contributed by atoms with Gasteiger partial charge in [-0.3, -0.25) is 4.79 Å². The molecule has 3 rings (SSSR count). The van der Waals surface area contributed by atoms with Crippen molar-refractivity contribution in [1.82, 2.24) is 5.32 Å². The molecule has 5 heteroatoms. The molecule has 4 nitrogen and oxygen atoms in total. The van der Waals surface area contributed by atoms with E-state index in [0.717, 1.165) is 16.9 Å². The molecular formula is C24H24FNO3. The highest BCUT2D eigenvalue weighted by molar-refractivity contribution is 5.94. The third-order valence-corrected chi connectivity index (χ3v) is 4.70. The summed E-state index contributed by atoms with van der Waals surface area (Å²) in [4.78, 5) is 12.8. The van der Waals surface area contributed by atoms with Crippen LogP contribution in [0.1, 0.15) is 21.5 Å². The maximum absolute atomic E-state index is 13.3. The van der Waals surface area contributed by atoms with Crippen molar-refractivity contribution in [3.8, 4) is 11.5 Å². The van der Waals surface area contributed by atoms with E-state index in [1.165, 1.54) is 12.1 Å². The molecule has 0 spiro atoms. The van der Waals surface area contributed by atoms with Crippen LogP contribution in [0.5, 0.6) is 11.5 Å². The summed E-state index contributed by atoms with van der Waals surface area (Å²) in [6.45, 7) is 0. The number of nitrogens with one attached hydrogen (secondary N) is 1. The molecule has 0 radical (unpaired) electrons. The molecule has 0 fully saturated rings. The van der Waals surface area contributed by atoms with E-state index in [-0.39, 0.29) is 17.8 Å². The Bertz CT molecular complexity index is 939. The zero-order valence-electron chi connectivity index (χ0n) is 16.5. The molecule has 3 aromatic carbocycles. The Morgan fingerprint density at radius 3 is 2.03 bits per heavy atom. The number of hydrogen-bond acceptors (Lipinski definition) is 3. The van der Waals surface area contributed by atoms with E-state index >= 15 is 0 Å². The van der Waals surface area contributed by atoms with Crippen molar-refractivity contribution >= 4 is 5.91 Å². The van der Waals surface area contributed by atoms with Gasteiger partial charge in [-0.15, -0.1) is 0 Å². The Labute approximate surface area is 170 Å². The van der Waals surface area contributed by atoms with Gasteiger partial charge in [0.15, 0.2) is 0 Å². The minimum atomic E-state index is -0.277. The first-order chi connectivity index (χ1) is 14.1. The number of carbonyl (C=O) groups is 1. The molecule has 0 aliphatic rings. The van der Waals surface area contributed by atoms with Crippen molar-refractivity contribution in [2.45, 2.75) is 18.9 Å². The Hall–Kier alpha value is -3.34. The predicted molar refractivity (Wildman–Crippen MR) is 111 cm³/mol. The number of hydrogen-bond donors (Lipinski definition) is 1. The summed E-state index contributed by atoms with van der Waals surface area (Å²) in [5.74, 6) is 0.956. The largest absolute Gasteiger partial charge is 0.497 e. The quantitative estimate of drug-likeness (QED) is 0.616. The van der Waals surface area contributed by atoms with Crippen molar-refractivity contribution in [2.24, 2.45) is 0 Å². The molecule has 29 heavy (non-hydrogen) atoms. The van der Waals surface area contributed by atoms with E-state index in [4.69, 9.17) is 9.47 Å². The maximum Gasteiger partial charge on any atom is 0.251 e. The van der Waals surface area contributed by atoms with Gasteiger partial charge in [0.1, 0.15) is 17.3 Å². The van der Waals surface area contributed by atoms with Gasteiger partial charge in [-0.2, -0.15) is 0 Å². The average molecular weight is 393 g/mol. The number of carbonyl (C=O) groups excluding carboxylic acids is 1. The van der Waals surface area contributed by atoms with Crippen molar-refractivity contribution < 1.29 is 18.7 Å². The third-order valence-electron chi connectivity index (χ3n) is 4.70. The molecule has 1 atom stereocenters. The lowest BCUT2D eigenvalue weighted by Crippen LogP contribution is -2.38. The van der Waals surface area contributed by atoms with E-state index in [1.54, 1.807) is 50.6 Å². The highest BCUT2D eigenvalue weighted by Gasteiger charge is 2.16. The molecule has 0 bridgehead atoms.